The first-order valence-corrected chi connectivity index (χ1v) is 8.05. The van der Waals surface area contributed by atoms with Gasteiger partial charge in [0.25, 0.3) is 0 Å². The second-order valence-electron chi connectivity index (χ2n) is 5.02. The quantitative estimate of drug-likeness (QED) is 0.836. The SMILES string of the molecule is CCNC(CSC1CCCC1)c1ccc(F)c(F)c1. The van der Waals surface area contributed by atoms with Crippen LogP contribution in [0.4, 0.5) is 8.78 Å². The molecule has 1 N–H and O–H groups in total. The van der Waals surface area contributed by atoms with Crippen molar-refractivity contribution in [1.29, 1.82) is 0 Å². The molecule has 1 aliphatic rings. The van der Waals surface area contributed by atoms with Gasteiger partial charge < -0.3 is 5.32 Å². The van der Waals surface area contributed by atoms with E-state index in [0.29, 0.717) is 0 Å². The van der Waals surface area contributed by atoms with Crippen LogP contribution < -0.4 is 5.32 Å². The minimum atomic E-state index is -0.776. The molecule has 19 heavy (non-hydrogen) atoms. The van der Waals surface area contributed by atoms with Crippen LogP contribution in [0.3, 0.4) is 0 Å². The van der Waals surface area contributed by atoms with Crippen molar-refractivity contribution in [3.63, 3.8) is 0 Å². The molecule has 1 aliphatic carbocycles. The van der Waals surface area contributed by atoms with E-state index in [1.54, 1.807) is 6.07 Å². The molecule has 0 heterocycles. The van der Waals surface area contributed by atoms with E-state index in [0.717, 1.165) is 23.1 Å². The molecule has 1 atom stereocenters. The number of hydrogen-bond acceptors (Lipinski definition) is 2. The Morgan fingerprint density at radius 2 is 2.00 bits per heavy atom. The van der Waals surface area contributed by atoms with E-state index in [1.165, 1.54) is 37.8 Å². The van der Waals surface area contributed by atoms with E-state index < -0.39 is 11.6 Å². The minimum absolute atomic E-state index is 0.102. The maximum Gasteiger partial charge on any atom is 0.159 e. The Hall–Kier alpha value is -0.610. The van der Waals surface area contributed by atoms with Gasteiger partial charge in [-0.2, -0.15) is 11.8 Å². The van der Waals surface area contributed by atoms with Crippen LogP contribution >= 0.6 is 11.8 Å². The number of rotatable bonds is 6. The summed E-state index contributed by atoms with van der Waals surface area (Å²) in [5.41, 5.74) is 0.839. The lowest BCUT2D eigenvalue weighted by atomic mass is 10.1. The first-order valence-electron chi connectivity index (χ1n) is 7.00. The number of hydrogen-bond donors (Lipinski definition) is 1. The van der Waals surface area contributed by atoms with Gasteiger partial charge in [-0.15, -0.1) is 0 Å². The fourth-order valence-electron chi connectivity index (χ4n) is 2.54. The van der Waals surface area contributed by atoms with Gasteiger partial charge in [0.2, 0.25) is 0 Å². The van der Waals surface area contributed by atoms with Crippen LogP contribution in [0.1, 0.15) is 44.2 Å². The van der Waals surface area contributed by atoms with Crippen LogP contribution in [-0.2, 0) is 0 Å². The van der Waals surface area contributed by atoms with Gasteiger partial charge >= 0.3 is 0 Å². The lowest BCUT2D eigenvalue weighted by molar-refractivity contribution is 0.502. The van der Waals surface area contributed by atoms with Crippen molar-refractivity contribution in [2.45, 2.75) is 43.9 Å². The summed E-state index contributed by atoms with van der Waals surface area (Å²) in [6.07, 6.45) is 5.24. The predicted octanol–water partition coefficient (Wildman–Crippen LogP) is 4.29. The highest BCUT2D eigenvalue weighted by Crippen LogP contribution is 2.32. The average Bonchev–Trinajstić information content (AvgIpc) is 2.91. The van der Waals surface area contributed by atoms with E-state index in [9.17, 15) is 8.78 Å². The topological polar surface area (TPSA) is 12.0 Å². The fraction of sp³-hybridized carbons (Fsp3) is 0.600. The Labute approximate surface area is 118 Å². The lowest BCUT2D eigenvalue weighted by Gasteiger charge is -2.20. The zero-order valence-electron chi connectivity index (χ0n) is 11.3. The van der Waals surface area contributed by atoms with Crippen molar-refractivity contribution in [2.24, 2.45) is 0 Å². The third kappa shape index (κ3) is 4.18. The van der Waals surface area contributed by atoms with Gasteiger partial charge in [-0.25, -0.2) is 8.78 Å². The first-order chi connectivity index (χ1) is 9.20. The molecule has 1 aromatic rings. The summed E-state index contributed by atoms with van der Waals surface area (Å²) in [6, 6.07) is 4.32. The molecule has 0 aromatic heterocycles. The van der Waals surface area contributed by atoms with Gasteiger partial charge in [-0.05, 0) is 37.1 Å². The molecule has 0 saturated heterocycles. The number of halogens is 2. The van der Waals surface area contributed by atoms with Gasteiger partial charge in [-0.3, -0.25) is 0 Å². The molecule has 0 bridgehead atoms. The molecule has 106 valence electrons. The summed E-state index contributed by atoms with van der Waals surface area (Å²) in [5.74, 6) is -0.613. The van der Waals surface area contributed by atoms with E-state index in [1.807, 2.05) is 18.7 Å². The van der Waals surface area contributed by atoms with Crippen molar-refractivity contribution in [1.82, 2.24) is 5.32 Å². The molecular formula is C15H21F2NS. The van der Waals surface area contributed by atoms with E-state index in [2.05, 4.69) is 5.32 Å². The summed E-state index contributed by atoms with van der Waals surface area (Å²) in [4.78, 5) is 0. The summed E-state index contributed by atoms with van der Waals surface area (Å²) in [5, 5.41) is 4.10. The van der Waals surface area contributed by atoms with Gasteiger partial charge in [0.05, 0.1) is 0 Å². The van der Waals surface area contributed by atoms with Crippen molar-refractivity contribution in [2.75, 3.05) is 12.3 Å². The van der Waals surface area contributed by atoms with Crippen molar-refractivity contribution < 1.29 is 8.78 Å². The normalized spacial score (nSPS) is 17.8. The van der Waals surface area contributed by atoms with E-state index in [-0.39, 0.29) is 6.04 Å². The molecule has 0 aliphatic heterocycles. The summed E-state index contributed by atoms with van der Waals surface area (Å²) in [6.45, 7) is 2.86. The molecule has 0 spiro atoms. The zero-order chi connectivity index (χ0) is 13.7. The van der Waals surface area contributed by atoms with Gasteiger partial charge in [0.15, 0.2) is 11.6 Å². The van der Waals surface area contributed by atoms with Gasteiger partial charge in [0, 0.05) is 17.0 Å². The highest BCUT2D eigenvalue weighted by Gasteiger charge is 2.19. The average molecular weight is 285 g/mol. The Morgan fingerprint density at radius 1 is 1.26 bits per heavy atom. The maximum absolute atomic E-state index is 13.3. The Morgan fingerprint density at radius 3 is 2.63 bits per heavy atom. The summed E-state index contributed by atoms with van der Waals surface area (Å²) < 4.78 is 26.3. The molecule has 1 nitrogen and oxygen atoms in total. The van der Waals surface area contributed by atoms with E-state index >= 15 is 0 Å². The molecule has 1 aromatic carbocycles. The third-order valence-corrected chi connectivity index (χ3v) is 5.07. The molecule has 1 fully saturated rings. The first kappa shape index (κ1) is 14.8. The smallest absolute Gasteiger partial charge is 0.159 e. The minimum Gasteiger partial charge on any atom is -0.310 e. The molecule has 1 saturated carbocycles. The Kier molecular flexibility index (Phi) is 5.64. The van der Waals surface area contributed by atoms with Crippen molar-refractivity contribution >= 4 is 11.8 Å². The largest absolute Gasteiger partial charge is 0.310 e. The second kappa shape index (κ2) is 7.25. The van der Waals surface area contributed by atoms with Crippen LogP contribution in [-0.4, -0.2) is 17.5 Å². The third-order valence-electron chi connectivity index (χ3n) is 3.60. The number of thioether (sulfide) groups is 1. The molecule has 1 unspecified atom stereocenters. The summed E-state index contributed by atoms with van der Waals surface area (Å²) >= 11 is 1.96. The zero-order valence-corrected chi connectivity index (χ0v) is 12.1. The molecule has 0 amide bonds. The number of nitrogens with one attached hydrogen (secondary N) is 1. The molecule has 2 rings (SSSR count). The van der Waals surface area contributed by atoms with Crippen LogP contribution in [0.25, 0.3) is 0 Å². The lowest BCUT2D eigenvalue weighted by Crippen LogP contribution is -2.24. The monoisotopic (exact) mass is 285 g/mol. The van der Waals surface area contributed by atoms with Gasteiger partial charge in [-0.1, -0.05) is 25.8 Å². The van der Waals surface area contributed by atoms with Crippen molar-refractivity contribution in [3.8, 4) is 0 Å². The summed E-state index contributed by atoms with van der Waals surface area (Å²) in [7, 11) is 0. The van der Waals surface area contributed by atoms with Crippen LogP contribution in [0, 0.1) is 11.6 Å². The second-order valence-corrected chi connectivity index (χ2v) is 6.36. The predicted molar refractivity (Wildman–Crippen MR) is 77.5 cm³/mol. The van der Waals surface area contributed by atoms with Crippen LogP contribution in [0.15, 0.2) is 18.2 Å². The van der Waals surface area contributed by atoms with E-state index in [4.69, 9.17) is 0 Å². The molecule has 0 radical (unpaired) electrons. The van der Waals surface area contributed by atoms with Crippen LogP contribution in [0.2, 0.25) is 0 Å². The molecular weight excluding hydrogens is 264 g/mol. The highest BCUT2D eigenvalue weighted by atomic mass is 32.2. The van der Waals surface area contributed by atoms with Gasteiger partial charge in [0.1, 0.15) is 0 Å². The maximum atomic E-state index is 13.3. The fourth-order valence-corrected chi connectivity index (χ4v) is 3.98. The standard InChI is InChI=1S/C15H21F2NS/c1-2-18-15(10-19-12-5-3-4-6-12)11-7-8-13(16)14(17)9-11/h7-9,12,15,18H,2-6,10H2,1H3. The Balaban J connectivity index is 1.99. The Bertz CT molecular complexity index is 405. The highest BCUT2D eigenvalue weighted by molar-refractivity contribution is 7.99. The number of benzene rings is 1. The van der Waals surface area contributed by atoms with Crippen LogP contribution in [0.5, 0.6) is 0 Å². The van der Waals surface area contributed by atoms with Crippen molar-refractivity contribution in [3.05, 3.63) is 35.4 Å². The molecule has 4 heteroatoms.